The van der Waals surface area contributed by atoms with Crippen LogP contribution in [0.4, 0.5) is 0 Å². The van der Waals surface area contributed by atoms with Gasteiger partial charge in [-0.1, -0.05) is 50.2 Å². The first kappa shape index (κ1) is 16.7. The van der Waals surface area contributed by atoms with Crippen molar-refractivity contribution in [3.8, 4) is 0 Å². The molecule has 0 saturated heterocycles. The van der Waals surface area contributed by atoms with Crippen LogP contribution < -0.4 is 5.32 Å². The van der Waals surface area contributed by atoms with E-state index in [0.29, 0.717) is 0 Å². The van der Waals surface area contributed by atoms with Crippen LogP contribution >= 0.6 is 11.3 Å². The van der Waals surface area contributed by atoms with Crippen molar-refractivity contribution in [1.29, 1.82) is 0 Å². The van der Waals surface area contributed by atoms with E-state index in [4.69, 9.17) is 0 Å². The summed E-state index contributed by atoms with van der Waals surface area (Å²) < 4.78 is 0. The van der Waals surface area contributed by atoms with E-state index in [9.17, 15) is 9.90 Å². The van der Waals surface area contributed by atoms with Crippen molar-refractivity contribution < 1.29 is 9.90 Å². The lowest BCUT2D eigenvalue weighted by atomic mass is 10.0. The molecule has 1 aromatic heterocycles. The zero-order valence-corrected chi connectivity index (χ0v) is 13.8. The molecule has 2 N–H and O–H groups in total. The molecular formula is C18H23NO2S. The fraction of sp³-hybridized carbons (Fsp3) is 0.389. The molecule has 1 aromatic carbocycles. The van der Waals surface area contributed by atoms with Gasteiger partial charge in [0, 0.05) is 4.88 Å². The molecule has 0 fully saturated rings. The number of nitrogens with one attached hydrogen (secondary N) is 1. The fourth-order valence-electron chi connectivity index (χ4n) is 2.24. The Hall–Kier alpha value is -1.65. The quantitative estimate of drug-likeness (QED) is 0.820. The Bertz CT molecular complexity index is 566. The molecule has 0 aliphatic carbocycles. The predicted octanol–water partition coefficient (Wildman–Crippen LogP) is 3.56. The number of aliphatic hydroxyl groups excluding tert-OH is 1. The zero-order chi connectivity index (χ0) is 15.9. The highest BCUT2D eigenvalue weighted by Gasteiger charge is 2.19. The standard InChI is InChI=1S/C18H23NO2S/c1-13(2)16(20)12-18(21)19-15(17-9-6-10-22-17)11-14-7-4-3-5-8-14/h3-10,13,15-16,20H,11-12H2,1-2H3,(H,19,21). The second-order valence-corrected chi connectivity index (χ2v) is 6.82. The van der Waals surface area contributed by atoms with E-state index < -0.39 is 6.10 Å². The van der Waals surface area contributed by atoms with Gasteiger partial charge in [-0.3, -0.25) is 4.79 Å². The lowest BCUT2D eigenvalue weighted by Gasteiger charge is -2.20. The molecule has 0 bridgehead atoms. The van der Waals surface area contributed by atoms with Crippen molar-refractivity contribution in [3.05, 3.63) is 58.3 Å². The van der Waals surface area contributed by atoms with Gasteiger partial charge in [-0.05, 0) is 29.3 Å². The van der Waals surface area contributed by atoms with E-state index in [1.807, 2.05) is 49.6 Å². The van der Waals surface area contributed by atoms with Gasteiger partial charge >= 0.3 is 0 Å². The first-order chi connectivity index (χ1) is 10.6. The zero-order valence-electron chi connectivity index (χ0n) is 13.0. The first-order valence-corrected chi connectivity index (χ1v) is 8.49. The van der Waals surface area contributed by atoms with Crippen LogP contribution in [0.25, 0.3) is 0 Å². The average molecular weight is 317 g/mol. The minimum atomic E-state index is -0.597. The van der Waals surface area contributed by atoms with Crippen molar-refractivity contribution in [2.24, 2.45) is 5.92 Å². The van der Waals surface area contributed by atoms with Gasteiger partial charge in [-0.25, -0.2) is 0 Å². The van der Waals surface area contributed by atoms with Gasteiger partial charge in [-0.15, -0.1) is 11.3 Å². The Labute approximate surface area is 136 Å². The Morgan fingerprint density at radius 3 is 2.50 bits per heavy atom. The number of rotatable bonds is 7. The molecule has 0 aliphatic heterocycles. The minimum Gasteiger partial charge on any atom is -0.392 e. The third-order valence-electron chi connectivity index (χ3n) is 3.67. The summed E-state index contributed by atoms with van der Waals surface area (Å²) in [7, 11) is 0. The van der Waals surface area contributed by atoms with Crippen LogP contribution in [0.3, 0.4) is 0 Å². The highest BCUT2D eigenvalue weighted by molar-refractivity contribution is 7.10. The smallest absolute Gasteiger partial charge is 0.223 e. The number of aliphatic hydroxyl groups is 1. The summed E-state index contributed by atoms with van der Waals surface area (Å²) in [5.74, 6) is -0.0180. The van der Waals surface area contributed by atoms with Crippen LogP contribution in [0.2, 0.25) is 0 Å². The van der Waals surface area contributed by atoms with Crippen LogP contribution in [0.5, 0.6) is 0 Å². The summed E-state index contributed by atoms with van der Waals surface area (Å²) in [6.45, 7) is 3.83. The van der Waals surface area contributed by atoms with Crippen LogP contribution in [0, 0.1) is 5.92 Å². The van der Waals surface area contributed by atoms with Crippen LogP contribution in [0.15, 0.2) is 47.8 Å². The van der Waals surface area contributed by atoms with Crippen LogP contribution in [0.1, 0.15) is 36.8 Å². The summed E-state index contributed by atoms with van der Waals surface area (Å²) in [5.41, 5.74) is 1.19. The maximum atomic E-state index is 12.2. The van der Waals surface area contributed by atoms with Crippen molar-refractivity contribution in [1.82, 2.24) is 5.32 Å². The van der Waals surface area contributed by atoms with E-state index in [2.05, 4.69) is 17.4 Å². The summed E-state index contributed by atoms with van der Waals surface area (Å²) in [5, 5.41) is 15.0. The maximum Gasteiger partial charge on any atom is 0.223 e. The topological polar surface area (TPSA) is 49.3 Å². The summed E-state index contributed by atoms with van der Waals surface area (Å²) in [6, 6.07) is 14.1. The molecule has 1 amide bonds. The number of amides is 1. The van der Waals surface area contributed by atoms with E-state index in [-0.39, 0.29) is 24.3 Å². The highest BCUT2D eigenvalue weighted by atomic mass is 32.1. The number of hydrogen-bond acceptors (Lipinski definition) is 3. The highest BCUT2D eigenvalue weighted by Crippen LogP contribution is 2.23. The van der Waals surface area contributed by atoms with Gasteiger partial charge in [0.15, 0.2) is 0 Å². The van der Waals surface area contributed by atoms with E-state index in [0.717, 1.165) is 11.3 Å². The Morgan fingerprint density at radius 2 is 1.91 bits per heavy atom. The molecule has 0 spiro atoms. The van der Waals surface area contributed by atoms with Crippen molar-refractivity contribution in [3.63, 3.8) is 0 Å². The molecule has 2 unspecified atom stereocenters. The Kier molecular flexibility index (Phi) is 6.16. The molecule has 0 aliphatic rings. The molecule has 22 heavy (non-hydrogen) atoms. The van der Waals surface area contributed by atoms with Crippen LogP contribution in [-0.4, -0.2) is 17.1 Å². The first-order valence-electron chi connectivity index (χ1n) is 7.61. The monoisotopic (exact) mass is 317 g/mol. The number of carbonyl (C=O) groups excluding carboxylic acids is 1. The minimum absolute atomic E-state index is 0.0470. The summed E-state index contributed by atoms with van der Waals surface area (Å²) in [4.78, 5) is 13.3. The molecular weight excluding hydrogens is 294 g/mol. The SMILES string of the molecule is CC(C)C(O)CC(=O)NC(Cc1ccccc1)c1cccs1. The maximum absolute atomic E-state index is 12.2. The number of benzene rings is 1. The second kappa shape index (κ2) is 8.11. The number of carbonyl (C=O) groups is 1. The van der Waals surface area contributed by atoms with Gasteiger partial charge in [0.1, 0.15) is 0 Å². The second-order valence-electron chi connectivity index (χ2n) is 5.84. The van der Waals surface area contributed by atoms with E-state index in [1.54, 1.807) is 11.3 Å². The van der Waals surface area contributed by atoms with Crippen LogP contribution in [-0.2, 0) is 11.2 Å². The largest absolute Gasteiger partial charge is 0.392 e. The molecule has 2 rings (SSSR count). The van der Waals surface area contributed by atoms with Gasteiger partial charge in [0.25, 0.3) is 0 Å². The van der Waals surface area contributed by atoms with Gasteiger partial charge in [0.05, 0.1) is 18.6 Å². The third-order valence-corrected chi connectivity index (χ3v) is 4.65. The normalized spacial score (nSPS) is 13.8. The Morgan fingerprint density at radius 1 is 1.18 bits per heavy atom. The van der Waals surface area contributed by atoms with E-state index in [1.165, 1.54) is 5.56 Å². The number of thiophene rings is 1. The van der Waals surface area contributed by atoms with Crippen molar-refractivity contribution in [2.75, 3.05) is 0 Å². The summed E-state index contributed by atoms with van der Waals surface area (Å²) in [6.07, 6.45) is 0.305. The van der Waals surface area contributed by atoms with Crippen molar-refractivity contribution in [2.45, 2.75) is 38.8 Å². The lowest BCUT2D eigenvalue weighted by Crippen LogP contribution is -2.33. The molecule has 3 nitrogen and oxygen atoms in total. The summed E-state index contributed by atoms with van der Waals surface area (Å²) >= 11 is 1.64. The van der Waals surface area contributed by atoms with Gasteiger partial charge < -0.3 is 10.4 Å². The molecule has 118 valence electrons. The molecule has 2 atom stereocenters. The average Bonchev–Trinajstić information content (AvgIpc) is 3.01. The fourth-order valence-corrected chi connectivity index (χ4v) is 3.02. The molecule has 0 saturated carbocycles. The van der Waals surface area contributed by atoms with Gasteiger partial charge in [0.2, 0.25) is 5.91 Å². The molecule has 4 heteroatoms. The van der Waals surface area contributed by atoms with Gasteiger partial charge in [-0.2, -0.15) is 0 Å². The van der Waals surface area contributed by atoms with E-state index >= 15 is 0 Å². The lowest BCUT2D eigenvalue weighted by molar-refractivity contribution is -0.124. The Balaban J connectivity index is 2.04. The third kappa shape index (κ3) is 4.97. The molecule has 2 aromatic rings. The number of hydrogen-bond donors (Lipinski definition) is 2. The molecule has 1 heterocycles. The predicted molar refractivity (Wildman–Crippen MR) is 90.8 cm³/mol. The molecule has 0 radical (unpaired) electrons. The van der Waals surface area contributed by atoms with Crippen molar-refractivity contribution >= 4 is 17.2 Å².